The molecule has 2 rings (SSSR count). The number of ether oxygens (including phenoxy) is 2. The molecule has 0 atom stereocenters. The molecule has 0 aliphatic heterocycles. The Morgan fingerprint density at radius 2 is 1.70 bits per heavy atom. The third-order valence-electron chi connectivity index (χ3n) is 2.85. The molecule has 0 heterocycles. The van der Waals surface area contributed by atoms with Crippen LogP contribution in [0.25, 0.3) is 0 Å². The van der Waals surface area contributed by atoms with Gasteiger partial charge in [0.25, 0.3) is 5.91 Å². The van der Waals surface area contributed by atoms with E-state index in [1.54, 1.807) is 30.3 Å². The lowest BCUT2D eigenvalue weighted by molar-refractivity contribution is -0.149. The SMILES string of the molecule is CSc1ccccc1NC(=O)COC(=O)COc1ccccc1. The Morgan fingerprint density at radius 1 is 1.00 bits per heavy atom. The predicted octanol–water partition coefficient (Wildman–Crippen LogP) is 2.97. The van der Waals surface area contributed by atoms with Gasteiger partial charge in [0.1, 0.15) is 5.75 Å². The maximum absolute atomic E-state index is 11.8. The van der Waals surface area contributed by atoms with Gasteiger partial charge in [-0.05, 0) is 30.5 Å². The average Bonchev–Trinajstić information content (AvgIpc) is 2.59. The molecule has 5 nitrogen and oxygen atoms in total. The molecular weight excluding hydrogens is 314 g/mol. The third kappa shape index (κ3) is 5.67. The van der Waals surface area contributed by atoms with Gasteiger partial charge >= 0.3 is 5.97 Å². The van der Waals surface area contributed by atoms with Crippen molar-refractivity contribution in [3.8, 4) is 5.75 Å². The van der Waals surface area contributed by atoms with Gasteiger partial charge in [-0.25, -0.2) is 4.79 Å². The highest BCUT2D eigenvalue weighted by atomic mass is 32.2. The van der Waals surface area contributed by atoms with Crippen LogP contribution in [0, 0.1) is 0 Å². The first kappa shape index (κ1) is 16.9. The van der Waals surface area contributed by atoms with Gasteiger partial charge in [0.2, 0.25) is 0 Å². The van der Waals surface area contributed by atoms with E-state index < -0.39 is 5.97 Å². The fourth-order valence-corrected chi connectivity index (χ4v) is 2.33. The van der Waals surface area contributed by atoms with Gasteiger partial charge in [-0.1, -0.05) is 30.3 Å². The molecule has 1 amide bonds. The number of nitrogens with one attached hydrogen (secondary N) is 1. The fraction of sp³-hybridized carbons (Fsp3) is 0.176. The highest BCUT2D eigenvalue weighted by Crippen LogP contribution is 2.24. The number of hydrogen-bond acceptors (Lipinski definition) is 5. The van der Waals surface area contributed by atoms with Crippen molar-refractivity contribution < 1.29 is 19.1 Å². The lowest BCUT2D eigenvalue weighted by Gasteiger charge is -2.10. The number of anilines is 1. The molecule has 0 unspecified atom stereocenters. The Balaban J connectivity index is 1.74. The van der Waals surface area contributed by atoms with Gasteiger partial charge in [0, 0.05) is 4.90 Å². The Hall–Kier alpha value is -2.47. The Labute approximate surface area is 139 Å². The molecule has 0 aliphatic carbocycles. The van der Waals surface area contributed by atoms with Gasteiger partial charge in [-0.2, -0.15) is 0 Å². The molecule has 0 saturated heterocycles. The van der Waals surface area contributed by atoms with Crippen molar-refractivity contribution in [1.29, 1.82) is 0 Å². The summed E-state index contributed by atoms with van der Waals surface area (Å²) in [4.78, 5) is 24.3. The van der Waals surface area contributed by atoms with Crippen molar-refractivity contribution in [2.75, 3.05) is 24.8 Å². The first-order valence-corrected chi connectivity index (χ1v) is 8.18. The molecule has 120 valence electrons. The van der Waals surface area contributed by atoms with E-state index in [-0.39, 0.29) is 19.1 Å². The lowest BCUT2D eigenvalue weighted by Crippen LogP contribution is -2.23. The smallest absolute Gasteiger partial charge is 0.344 e. The summed E-state index contributed by atoms with van der Waals surface area (Å²) in [5.74, 6) is -0.412. The van der Waals surface area contributed by atoms with Crippen LogP contribution in [0.5, 0.6) is 5.75 Å². The minimum absolute atomic E-state index is 0.237. The number of hydrogen-bond donors (Lipinski definition) is 1. The van der Waals surface area contributed by atoms with E-state index >= 15 is 0 Å². The van der Waals surface area contributed by atoms with Crippen molar-refractivity contribution >= 4 is 29.3 Å². The average molecular weight is 331 g/mol. The molecule has 23 heavy (non-hydrogen) atoms. The Kier molecular flexibility index (Phi) is 6.50. The fourth-order valence-electron chi connectivity index (χ4n) is 1.78. The molecule has 0 aromatic heterocycles. The molecule has 0 aliphatic rings. The van der Waals surface area contributed by atoms with Crippen LogP contribution < -0.4 is 10.1 Å². The highest BCUT2D eigenvalue weighted by Gasteiger charge is 2.10. The second-order valence-electron chi connectivity index (χ2n) is 4.51. The number of para-hydroxylation sites is 2. The number of carbonyl (C=O) groups excluding carboxylic acids is 2. The van der Waals surface area contributed by atoms with Gasteiger partial charge in [0.05, 0.1) is 5.69 Å². The van der Waals surface area contributed by atoms with Gasteiger partial charge in [-0.3, -0.25) is 4.79 Å². The molecule has 0 saturated carbocycles. The van der Waals surface area contributed by atoms with E-state index in [1.165, 1.54) is 11.8 Å². The quantitative estimate of drug-likeness (QED) is 0.624. The maximum atomic E-state index is 11.8. The summed E-state index contributed by atoms with van der Waals surface area (Å²) in [5, 5.41) is 2.71. The normalized spacial score (nSPS) is 9.96. The van der Waals surface area contributed by atoms with Crippen LogP contribution in [0.15, 0.2) is 59.5 Å². The lowest BCUT2D eigenvalue weighted by atomic mass is 10.3. The van der Waals surface area contributed by atoms with E-state index in [0.717, 1.165) is 4.90 Å². The van der Waals surface area contributed by atoms with Crippen LogP contribution in [-0.4, -0.2) is 31.3 Å². The van der Waals surface area contributed by atoms with Crippen LogP contribution in [0.1, 0.15) is 0 Å². The summed E-state index contributed by atoms with van der Waals surface area (Å²) in [6, 6.07) is 16.3. The first-order chi connectivity index (χ1) is 11.2. The van der Waals surface area contributed by atoms with Gasteiger partial charge in [-0.15, -0.1) is 11.8 Å². The van der Waals surface area contributed by atoms with E-state index in [2.05, 4.69) is 5.32 Å². The number of carbonyl (C=O) groups is 2. The minimum Gasteiger partial charge on any atom is -0.482 e. The molecule has 0 radical (unpaired) electrons. The highest BCUT2D eigenvalue weighted by molar-refractivity contribution is 7.98. The van der Waals surface area contributed by atoms with Crippen LogP contribution in [0.4, 0.5) is 5.69 Å². The number of esters is 1. The summed E-state index contributed by atoms with van der Waals surface area (Å²) in [6.07, 6.45) is 1.92. The molecular formula is C17H17NO4S. The third-order valence-corrected chi connectivity index (χ3v) is 3.64. The minimum atomic E-state index is -0.595. The zero-order chi connectivity index (χ0) is 16.5. The van der Waals surface area contributed by atoms with E-state index in [9.17, 15) is 9.59 Å². The molecule has 2 aromatic rings. The van der Waals surface area contributed by atoms with Crippen LogP contribution >= 0.6 is 11.8 Å². The summed E-state index contributed by atoms with van der Waals surface area (Å²) in [7, 11) is 0. The topological polar surface area (TPSA) is 64.6 Å². The molecule has 0 fully saturated rings. The maximum Gasteiger partial charge on any atom is 0.344 e. The Bertz CT molecular complexity index is 661. The van der Waals surface area contributed by atoms with Crippen LogP contribution in [0.3, 0.4) is 0 Å². The van der Waals surface area contributed by atoms with E-state index in [0.29, 0.717) is 11.4 Å². The van der Waals surface area contributed by atoms with Crippen LogP contribution in [0.2, 0.25) is 0 Å². The van der Waals surface area contributed by atoms with Crippen LogP contribution in [-0.2, 0) is 14.3 Å². The van der Waals surface area contributed by atoms with Crippen molar-refractivity contribution in [3.63, 3.8) is 0 Å². The van der Waals surface area contributed by atoms with Gasteiger partial charge < -0.3 is 14.8 Å². The summed E-state index contributed by atoms with van der Waals surface area (Å²) in [5.41, 5.74) is 0.696. The first-order valence-electron chi connectivity index (χ1n) is 6.95. The number of amides is 1. The van der Waals surface area contributed by atoms with E-state index in [1.807, 2.05) is 30.5 Å². The van der Waals surface area contributed by atoms with Crippen molar-refractivity contribution in [2.45, 2.75) is 4.90 Å². The summed E-state index contributed by atoms with van der Waals surface area (Å²) >= 11 is 1.53. The monoisotopic (exact) mass is 331 g/mol. The zero-order valence-electron chi connectivity index (χ0n) is 12.7. The molecule has 6 heteroatoms. The molecule has 2 aromatic carbocycles. The number of rotatable bonds is 7. The van der Waals surface area contributed by atoms with Crippen molar-refractivity contribution in [2.24, 2.45) is 0 Å². The predicted molar refractivity (Wildman–Crippen MR) is 89.7 cm³/mol. The largest absolute Gasteiger partial charge is 0.482 e. The standard InChI is InChI=1S/C17H17NO4S/c1-23-15-10-6-5-9-14(15)18-16(19)11-22-17(20)12-21-13-7-3-2-4-8-13/h2-10H,11-12H2,1H3,(H,18,19). The van der Waals surface area contributed by atoms with Crippen molar-refractivity contribution in [1.82, 2.24) is 0 Å². The zero-order valence-corrected chi connectivity index (χ0v) is 13.5. The summed E-state index contributed by atoms with van der Waals surface area (Å²) in [6.45, 7) is -0.585. The van der Waals surface area contributed by atoms with Crippen molar-refractivity contribution in [3.05, 3.63) is 54.6 Å². The van der Waals surface area contributed by atoms with Gasteiger partial charge in [0.15, 0.2) is 13.2 Å². The Morgan fingerprint density at radius 3 is 2.43 bits per heavy atom. The second-order valence-corrected chi connectivity index (χ2v) is 5.36. The molecule has 0 bridgehead atoms. The number of thioether (sulfide) groups is 1. The summed E-state index contributed by atoms with van der Waals surface area (Å²) < 4.78 is 10.1. The van der Waals surface area contributed by atoms with E-state index in [4.69, 9.17) is 9.47 Å². The number of benzene rings is 2. The molecule has 1 N–H and O–H groups in total. The molecule has 0 spiro atoms. The second kappa shape index (κ2) is 8.85.